The molecule has 0 amide bonds. The van der Waals surface area contributed by atoms with Crippen LogP contribution in [-0.2, 0) is 6.54 Å². The Morgan fingerprint density at radius 2 is 1.67 bits per heavy atom. The van der Waals surface area contributed by atoms with Gasteiger partial charge in [0.25, 0.3) is 0 Å². The molecule has 0 bridgehead atoms. The molecule has 0 aliphatic heterocycles. The second kappa shape index (κ2) is 5.40. The molecule has 1 heterocycles. The molecular weight excluding hydrogens is 233 g/mol. The summed E-state index contributed by atoms with van der Waals surface area (Å²) < 4.78 is 14.5. The molecule has 0 aliphatic carbocycles. The van der Waals surface area contributed by atoms with Crippen LogP contribution in [0.25, 0.3) is 0 Å². The highest BCUT2D eigenvalue weighted by Gasteiger charge is 2.05. The maximum absolute atomic E-state index is 12.7. The van der Waals surface area contributed by atoms with Gasteiger partial charge >= 0.3 is 0 Å². The third-order valence-corrected chi connectivity index (χ3v) is 2.62. The molecule has 0 N–H and O–H groups in total. The summed E-state index contributed by atoms with van der Waals surface area (Å²) in [6.07, 6.45) is 3.59. The SMILES string of the molecule is O=C(CCn1ccc(=O)cc1)c1ccc(F)cc1. The van der Waals surface area contributed by atoms with Gasteiger partial charge in [-0.05, 0) is 24.3 Å². The standard InChI is InChI=1S/C14H12FNO2/c15-12-3-1-11(2-4-12)14(18)7-10-16-8-5-13(17)6-9-16/h1-6,8-9H,7,10H2. The van der Waals surface area contributed by atoms with E-state index in [0.29, 0.717) is 18.5 Å². The molecule has 0 atom stereocenters. The monoisotopic (exact) mass is 245 g/mol. The van der Waals surface area contributed by atoms with E-state index >= 15 is 0 Å². The summed E-state index contributed by atoms with van der Waals surface area (Å²) in [6.45, 7) is 0.497. The summed E-state index contributed by atoms with van der Waals surface area (Å²) in [5, 5.41) is 0. The maximum Gasteiger partial charge on any atom is 0.181 e. The van der Waals surface area contributed by atoms with E-state index in [1.807, 2.05) is 0 Å². The molecule has 0 saturated carbocycles. The molecule has 3 nitrogen and oxygen atoms in total. The van der Waals surface area contributed by atoms with Gasteiger partial charge in [0.1, 0.15) is 5.82 Å². The summed E-state index contributed by atoms with van der Waals surface area (Å²) in [5.74, 6) is -0.402. The van der Waals surface area contributed by atoms with Gasteiger partial charge in [-0.1, -0.05) is 0 Å². The molecule has 92 valence electrons. The first-order chi connectivity index (χ1) is 8.65. The van der Waals surface area contributed by atoms with Crippen molar-refractivity contribution in [3.8, 4) is 0 Å². The smallest absolute Gasteiger partial charge is 0.181 e. The lowest BCUT2D eigenvalue weighted by molar-refractivity contribution is 0.0977. The number of halogens is 1. The quantitative estimate of drug-likeness (QED) is 0.775. The average molecular weight is 245 g/mol. The van der Waals surface area contributed by atoms with Crippen LogP contribution in [0, 0.1) is 5.82 Å². The molecule has 0 unspecified atom stereocenters. The Labute approximate surface area is 104 Å². The molecule has 4 heteroatoms. The molecule has 2 aromatic rings. The summed E-state index contributed by atoms with van der Waals surface area (Å²) in [7, 11) is 0. The predicted molar refractivity (Wildman–Crippen MR) is 66.0 cm³/mol. The maximum atomic E-state index is 12.7. The molecular formula is C14H12FNO2. The number of rotatable bonds is 4. The Hall–Kier alpha value is -2.23. The molecule has 18 heavy (non-hydrogen) atoms. The van der Waals surface area contributed by atoms with E-state index in [9.17, 15) is 14.0 Å². The number of hydrogen-bond donors (Lipinski definition) is 0. The second-order valence-electron chi connectivity index (χ2n) is 3.95. The van der Waals surface area contributed by atoms with E-state index in [4.69, 9.17) is 0 Å². The largest absolute Gasteiger partial charge is 0.354 e. The highest BCUT2D eigenvalue weighted by molar-refractivity contribution is 5.95. The van der Waals surface area contributed by atoms with Gasteiger partial charge < -0.3 is 4.57 Å². The van der Waals surface area contributed by atoms with Crippen LogP contribution in [0.2, 0.25) is 0 Å². The van der Waals surface area contributed by atoms with Crippen molar-refractivity contribution in [2.75, 3.05) is 0 Å². The number of carbonyl (C=O) groups is 1. The average Bonchev–Trinajstić information content (AvgIpc) is 2.38. The van der Waals surface area contributed by atoms with Crippen molar-refractivity contribution in [3.63, 3.8) is 0 Å². The third kappa shape index (κ3) is 3.13. The Morgan fingerprint density at radius 1 is 1.06 bits per heavy atom. The lowest BCUT2D eigenvalue weighted by atomic mass is 10.1. The minimum absolute atomic E-state index is 0.0475. The highest BCUT2D eigenvalue weighted by Crippen LogP contribution is 2.06. The van der Waals surface area contributed by atoms with Gasteiger partial charge in [-0.2, -0.15) is 0 Å². The normalized spacial score (nSPS) is 10.3. The molecule has 1 aromatic carbocycles. The Balaban J connectivity index is 1.98. The van der Waals surface area contributed by atoms with Gasteiger partial charge in [0, 0.05) is 43.1 Å². The summed E-state index contributed by atoms with van der Waals surface area (Å²) in [4.78, 5) is 22.7. The number of aromatic nitrogens is 1. The van der Waals surface area contributed by atoms with Crippen molar-refractivity contribution in [1.82, 2.24) is 4.57 Å². The molecule has 0 radical (unpaired) electrons. The van der Waals surface area contributed by atoms with Crippen molar-refractivity contribution in [3.05, 3.63) is 70.4 Å². The molecule has 2 rings (SSSR count). The zero-order chi connectivity index (χ0) is 13.0. The van der Waals surface area contributed by atoms with E-state index in [1.165, 1.54) is 36.4 Å². The second-order valence-corrected chi connectivity index (χ2v) is 3.95. The predicted octanol–water partition coefficient (Wildman–Crippen LogP) is 2.26. The number of nitrogens with zero attached hydrogens (tertiary/aromatic N) is 1. The third-order valence-electron chi connectivity index (χ3n) is 2.62. The topological polar surface area (TPSA) is 39.1 Å². The van der Waals surface area contributed by atoms with E-state index < -0.39 is 0 Å². The van der Waals surface area contributed by atoms with Crippen LogP contribution in [0.15, 0.2) is 53.6 Å². The fraction of sp³-hybridized carbons (Fsp3) is 0.143. The van der Waals surface area contributed by atoms with Crippen molar-refractivity contribution >= 4 is 5.78 Å². The molecule has 0 fully saturated rings. The van der Waals surface area contributed by atoms with Gasteiger partial charge in [-0.15, -0.1) is 0 Å². The number of carbonyl (C=O) groups excluding carboxylic acids is 1. The lowest BCUT2D eigenvalue weighted by Gasteiger charge is -2.05. The number of aryl methyl sites for hydroxylation is 1. The lowest BCUT2D eigenvalue weighted by Crippen LogP contribution is -2.08. The Morgan fingerprint density at radius 3 is 2.28 bits per heavy atom. The first kappa shape index (κ1) is 12.2. The van der Waals surface area contributed by atoms with E-state index in [0.717, 1.165) is 0 Å². The van der Waals surface area contributed by atoms with Crippen molar-refractivity contribution in [2.45, 2.75) is 13.0 Å². The van der Waals surface area contributed by atoms with Crippen LogP contribution in [-0.4, -0.2) is 10.4 Å². The van der Waals surface area contributed by atoms with Gasteiger partial charge in [-0.3, -0.25) is 9.59 Å². The van der Waals surface area contributed by atoms with Gasteiger partial charge in [-0.25, -0.2) is 4.39 Å². The molecule has 0 spiro atoms. The van der Waals surface area contributed by atoms with E-state index in [2.05, 4.69) is 0 Å². The highest BCUT2D eigenvalue weighted by atomic mass is 19.1. The minimum Gasteiger partial charge on any atom is -0.354 e. The first-order valence-electron chi connectivity index (χ1n) is 5.60. The van der Waals surface area contributed by atoms with Crippen LogP contribution < -0.4 is 5.43 Å². The Kier molecular flexibility index (Phi) is 3.67. The zero-order valence-electron chi connectivity index (χ0n) is 9.67. The number of ketones is 1. The minimum atomic E-state index is -0.355. The number of pyridine rings is 1. The summed E-state index contributed by atoms with van der Waals surface area (Å²) in [5.41, 5.74) is 0.438. The fourth-order valence-corrected chi connectivity index (χ4v) is 1.60. The summed E-state index contributed by atoms with van der Waals surface area (Å²) >= 11 is 0. The zero-order valence-corrected chi connectivity index (χ0v) is 9.67. The van der Waals surface area contributed by atoms with E-state index in [1.54, 1.807) is 17.0 Å². The number of Topliss-reactive ketones (excluding diaryl/α,β-unsaturated/α-hetero) is 1. The molecule has 0 aliphatic rings. The van der Waals surface area contributed by atoms with Crippen LogP contribution in [0.5, 0.6) is 0 Å². The fourth-order valence-electron chi connectivity index (χ4n) is 1.60. The number of hydrogen-bond acceptors (Lipinski definition) is 2. The number of benzene rings is 1. The van der Waals surface area contributed by atoms with Crippen LogP contribution >= 0.6 is 0 Å². The first-order valence-corrected chi connectivity index (χ1v) is 5.60. The van der Waals surface area contributed by atoms with E-state index in [-0.39, 0.29) is 17.0 Å². The molecule has 0 saturated heterocycles. The molecule has 1 aromatic heterocycles. The van der Waals surface area contributed by atoms with Gasteiger partial charge in [0.15, 0.2) is 11.2 Å². The van der Waals surface area contributed by atoms with Crippen LogP contribution in [0.1, 0.15) is 16.8 Å². The van der Waals surface area contributed by atoms with Crippen molar-refractivity contribution in [1.29, 1.82) is 0 Å². The van der Waals surface area contributed by atoms with Crippen LogP contribution in [0.4, 0.5) is 4.39 Å². The Bertz CT molecular complexity index is 581. The van der Waals surface area contributed by atoms with Crippen molar-refractivity contribution < 1.29 is 9.18 Å². The van der Waals surface area contributed by atoms with Gasteiger partial charge in [0.2, 0.25) is 0 Å². The van der Waals surface area contributed by atoms with Crippen molar-refractivity contribution in [2.24, 2.45) is 0 Å². The van der Waals surface area contributed by atoms with Gasteiger partial charge in [0.05, 0.1) is 0 Å². The summed E-state index contributed by atoms with van der Waals surface area (Å²) in [6, 6.07) is 8.39. The van der Waals surface area contributed by atoms with Crippen LogP contribution in [0.3, 0.4) is 0 Å².